The van der Waals surface area contributed by atoms with Crippen LogP contribution in [-0.2, 0) is 17.9 Å². The van der Waals surface area contributed by atoms with Crippen LogP contribution in [0.3, 0.4) is 0 Å². The van der Waals surface area contributed by atoms with Gasteiger partial charge in [-0.05, 0) is 48.9 Å². The van der Waals surface area contributed by atoms with Crippen LogP contribution in [0.15, 0.2) is 71.9 Å². The number of hydrogen-bond acceptors (Lipinski definition) is 6. The first-order valence-electron chi connectivity index (χ1n) is 10.7. The van der Waals surface area contributed by atoms with Crippen molar-refractivity contribution in [1.29, 1.82) is 0 Å². The van der Waals surface area contributed by atoms with E-state index in [4.69, 9.17) is 9.47 Å². The van der Waals surface area contributed by atoms with Gasteiger partial charge < -0.3 is 19.4 Å². The molecule has 0 fully saturated rings. The lowest BCUT2D eigenvalue weighted by Gasteiger charge is -2.14. The molecule has 8 nitrogen and oxygen atoms in total. The Labute approximate surface area is 194 Å². The Hall–Kier alpha value is -4.46. The molecule has 1 N–H and O–H groups in total. The summed E-state index contributed by atoms with van der Waals surface area (Å²) in [7, 11) is 0. The van der Waals surface area contributed by atoms with Crippen molar-refractivity contribution < 1.29 is 19.1 Å². The first kappa shape index (κ1) is 21.4. The van der Waals surface area contributed by atoms with Crippen LogP contribution in [0.2, 0.25) is 0 Å². The van der Waals surface area contributed by atoms with Crippen molar-refractivity contribution in [3.8, 4) is 11.5 Å². The van der Waals surface area contributed by atoms with Gasteiger partial charge in [0.1, 0.15) is 6.54 Å². The smallest absolute Gasteiger partial charge is 0.240 e. The molecule has 1 aliphatic rings. The van der Waals surface area contributed by atoms with Crippen molar-refractivity contribution in [2.45, 2.75) is 20.0 Å². The number of fused-ring (bicyclic) bond motifs is 2. The second kappa shape index (κ2) is 8.82. The summed E-state index contributed by atoms with van der Waals surface area (Å²) in [5, 5.41) is 3.27. The minimum Gasteiger partial charge on any atom is -0.454 e. The van der Waals surface area contributed by atoms with Crippen molar-refractivity contribution in [2.75, 3.05) is 6.79 Å². The van der Waals surface area contributed by atoms with Crippen molar-refractivity contribution in [1.82, 2.24) is 14.9 Å². The van der Waals surface area contributed by atoms with Gasteiger partial charge >= 0.3 is 0 Å². The molecular weight excluding hydrogens is 434 g/mol. The van der Waals surface area contributed by atoms with Crippen LogP contribution in [0, 0.1) is 6.92 Å². The predicted octanol–water partition coefficient (Wildman–Crippen LogP) is 2.98. The second-order valence-corrected chi connectivity index (χ2v) is 8.05. The number of aromatic nitrogens is 2. The maximum Gasteiger partial charge on any atom is 0.240 e. The number of pyridine rings is 2. The van der Waals surface area contributed by atoms with Crippen LogP contribution < -0.4 is 20.2 Å². The molecule has 170 valence electrons. The van der Waals surface area contributed by atoms with E-state index in [1.54, 1.807) is 34.9 Å². The number of ketones is 1. The fourth-order valence-electron chi connectivity index (χ4n) is 3.92. The molecule has 34 heavy (non-hydrogen) atoms. The molecule has 4 aromatic rings. The van der Waals surface area contributed by atoms with Gasteiger partial charge in [0.05, 0.1) is 11.1 Å². The molecule has 0 radical (unpaired) electrons. The molecule has 1 aliphatic heterocycles. The van der Waals surface area contributed by atoms with Gasteiger partial charge in [-0.1, -0.05) is 17.7 Å². The zero-order chi connectivity index (χ0) is 23.7. The summed E-state index contributed by atoms with van der Waals surface area (Å²) in [6, 6.07) is 14.0. The Kier molecular flexibility index (Phi) is 5.55. The second-order valence-electron chi connectivity index (χ2n) is 8.05. The average molecular weight is 455 g/mol. The Bertz CT molecular complexity index is 1480. The SMILES string of the molecule is Cc1ccc2c(c1)c(=O)c(C(=O)c1ccncc1)cn2CC(=O)NCc1ccc2c(c1)OCO2. The van der Waals surface area contributed by atoms with E-state index in [0.717, 1.165) is 11.1 Å². The van der Waals surface area contributed by atoms with E-state index in [9.17, 15) is 14.4 Å². The van der Waals surface area contributed by atoms with Crippen LogP contribution in [0.4, 0.5) is 0 Å². The number of nitrogens with zero attached hydrogens (tertiary/aromatic N) is 2. The minimum absolute atomic E-state index is 0.00729. The fraction of sp³-hybridized carbons (Fsp3) is 0.154. The highest BCUT2D eigenvalue weighted by atomic mass is 16.7. The molecule has 0 aliphatic carbocycles. The largest absolute Gasteiger partial charge is 0.454 e. The van der Waals surface area contributed by atoms with E-state index in [-0.39, 0.29) is 30.2 Å². The third-order valence-electron chi connectivity index (χ3n) is 5.66. The van der Waals surface area contributed by atoms with E-state index >= 15 is 0 Å². The van der Waals surface area contributed by atoms with Crippen molar-refractivity contribution in [2.24, 2.45) is 0 Å². The third-order valence-corrected chi connectivity index (χ3v) is 5.66. The third kappa shape index (κ3) is 4.13. The van der Waals surface area contributed by atoms with E-state index in [2.05, 4.69) is 10.3 Å². The molecule has 0 unspecified atom stereocenters. The summed E-state index contributed by atoms with van der Waals surface area (Å²) in [5.41, 5.74) is 2.34. The molecule has 0 saturated carbocycles. The van der Waals surface area contributed by atoms with Gasteiger partial charge in [0.15, 0.2) is 17.3 Å². The van der Waals surface area contributed by atoms with Crippen molar-refractivity contribution in [3.63, 3.8) is 0 Å². The topological polar surface area (TPSA) is 99.5 Å². The average Bonchev–Trinajstić information content (AvgIpc) is 3.32. The molecule has 2 aromatic heterocycles. The van der Waals surface area contributed by atoms with Gasteiger partial charge in [-0.15, -0.1) is 0 Å². The summed E-state index contributed by atoms with van der Waals surface area (Å²) >= 11 is 0. The van der Waals surface area contributed by atoms with Crippen molar-refractivity contribution in [3.05, 3.63) is 99.6 Å². The zero-order valence-corrected chi connectivity index (χ0v) is 18.4. The molecule has 0 atom stereocenters. The number of nitrogens with one attached hydrogen (secondary N) is 1. The highest BCUT2D eigenvalue weighted by Crippen LogP contribution is 2.32. The Morgan fingerprint density at radius 3 is 2.65 bits per heavy atom. The quantitative estimate of drug-likeness (QED) is 0.449. The number of carbonyl (C=O) groups excluding carboxylic acids is 2. The molecular formula is C26H21N3O5. The molecule has 0 spiro atoms. The first-order valence-corrected chi connectivity index (χ1v) is 10.7. The Morgan fingerprint density at radius 1 is 1.03 bits per heavy atom. The van der Waals surface area contributed by atoms with Crippen LogP contribution in [0.25, 0.3) is 10.9 Å². The minimum atomic E-state index is -0.412. The molecule has 8 heteroatoms. The maximum absolute atomic E-state index is 13.2. The zero-order valence-electron chi connectivity index (χ0n) is 18.4. The summed E-state index contributed by atoms with van der Waals surface area (Å²) in [4.78, 5) is 43.0. The van der Waals surface area contributed by atoms with E-state index < -0.39 is 5.78 Å². The number of rotatable bonds is 6. The van der Waals surface area contributed by atoms with Gasteiger partial charge in [-0.25, -0.2) is 0 Å². The predicted molar refractivity (Wildman–Crippen MR) is 125 cm³/mol. The Morgan fingerprint density at radius 2 is 1.82 bits per heavy atom. The molecule has 3 heterocycles. The normalized spacial score (nSPS) is 12.0. The lowest BCUT2D eigenvalue weighted by atomic mass is 10.0. The lowest BCUT2D eigenvalue weighted by molar-refractivity contribution is -0.121. The molecule has 0 bridgehead atoms. The fourth-order valence-corrected chi connectivity index (χ4v) is 3.92. The van der Waals surface area contributed by atoms with E-state index in [0.29, 0.717) is 34.5 Å². The number of benzene rings is 2. The number of ether oxygens (including phenoxy) is 2. The summed E-state index contributed by atoms with van der Waals surface area (Å²) in [5.74, 6) is 0.653. The molecule has 2 aromatic carbocycles. The molecule has 5 rings (SSSR count). The van der Waals surface area contributed by atoms with Crippen LogP contribution in [-0.4, -0.2) is 28.0 Å². The summed E-state index contributed by atoms with van der Waals surface area (Å²) < 4.78 is 12.3. The van der Waals surface area contributed by atoms with E-state index in [1.165, 1.54) is 18.6 Å². The molecule has 0 saturated heterocycles. The number of hydrogen-bond donors (Lipinski definition) is 1. The maximum atomic E-state index is 13.2. The monoisotopic (exact) mass is 455 g/mol. The Balaban J connectivity index is 1.43. The summed E-state index contributed by atoms with van der Waals surface area (Å²) in [6.45, 7) is 2.31. The van der Waals surface area contributed by atoms with Gasteiger partial charge in [0.25, 0.3) is 0 Å². The van der Waals surface area contributed by atoms with Crippen molar-refractivity contribution >= 4 is 22.6 Å². The number of aryl methyl sites for hydroxylation is 1. The standard InChI is InChI=1S/C26H21N3O5/c1-16-2-4-21-19(10-16)26(32)20(25(31)18-6-8-27-9-7-18)13-29(21)14-24(30)28-12-17-3-5-22-23(11-17)34-15-33-22/h2-11,13H,12,14-15H2,1H3,(H,28,30). The van der Waals surface area contributed by atoms with Crippen LogP contribution in [0.1, 0.15) is 27.0 Å². The van der Waals surface area contributed by atoms with Crippen LogP contribution >= 0.6 is 0 Å². The van der Waals surface area contributed by atoms with Gasteiger partial charge in [-0.2, -0.15) is 0 Å². The van der Waals surface area contributed by atoms with Gasteiger partial charge in [0, 0.05) is 36.1 Å². The highest BCUT2D eigenvalue weighted by molar-refractivity contribution is 6.10. The first-order chi connectivity index (χ1) is 16.5. The number of amides is 1. The van der Waals surface area contributed by atoms with Gasteiger partial charge in [0.2, 0.25) is 18.1 Å². The molecule has 1 amide bonds. The van der Waals surface area contributed by atoms with Crippen LogP contribution in [0.5, 0.6) is 11.5 Å². The van der Waals surface area contributed by atoms with Gasteiger partial charge in [-0.3, -0.25) is 19.4 Å². The lowest BCUT2D eigenvalue weighted by Crippen LogP contribution is -2.29. The highest BCUT2D eigenvalue weighted by Gasteiger charge is 2.19. The number of carbonyl (C=O) groups is 2. The summed E-state index contributed by atoms with van der Waals surface area (Å²) in [6.07, 6.45) is 4.46. The van der Waals surface area contributed by atoms with E-state index in [1.807, 2.05) is 25.1 Å².